The van der Waals surface area contributed by atoms with Crippen molar-refractivity contribution < 1.29 is 9.47 Å². The topological polar surface area (TPSA) is 60.0 Å². The molecule has 126 valence electrons. The lowest BCUT2D eigenvalue weighted by Crippen LogP contribution is -1.87. The van der Waals surface area contributed by atoms with Crippen molar-refractivity contribution >= 4 is 22.2 Å². The van der Waals surface area contributed by atoms with Crippen molar-refractivity contribution in [2.75, 3.05) is 14.2 Å². The zero-order valence-corrected chi connectivity index (χ0v) is 15.0. The maximum atomic E-state index is 5.37. The molecule has 0 aliphatic heterocycles. The van der Waals surface area contributed by atoms with Crippen LogP contribution in [0.25, 0.3) is 32.7 Å². The molecule has 0 amide bonds. The monoisotopic (exact) mass is 351 g/mol. The number of aromatic amines is 1. The summed E-state index contributed by atoms with van der Waals surface area (Å²) in [6.07, 6.45) is 1.78. The number of H-pyrrole nitrogens is 1. The number of nitrogens with zero attached hydrogens (tertiary/aromatic N) is 2. The maximum Gasteiger partial charge on any atom is 0.212 e. The first-order valence-corrected chi connectivity index (χ1v) is 8.70. The highest BCUT2D eigenvalue weighted by Gasteiger charge is 2.15. The van der Waals surface area contributed by atoms with Crippen LogP contribution in [-0.4, -0.2) is 29.2 Å². The second-order valence-electron chi connectivity index (χ2n) is 5.66. The molecule has 0 saturated heterocycles. The van der Waals surface area contributed by atoms with E-state index in [0.29, 0.717) is 5.88 Å². The van der Waals surface area contributed by atoms with Gasteiger partial charge >= 0.3 is 0 Å². The van der Waals surface area contributed by atoms with Gasteiger partial charge < -0.3 is 14.5 Å². The van der Waals surface area contributed by atoms with Crippen molar-refractivity contribution in [2.24, 2.45) is 0 Å². The Bertz CT molecular complexity index is 1030. The Kier molecular flexibility index (Phi) is 3.89. The molecule has 0 radical (unpaired) electrons. The largest absolute Gasteiger partial charge is 0.497 e. The minimum atomic E-state index is 0.597. The van der Waals surface area contributed by atoms with Crippen LogP contribution in [0.4, 0.5) is 0 Å². The SMILES string of the molecule is COc1ccc2[nH]c(C)c(-c3csc(-c4ccc(OC)nc4)n3)c2c1. The molecular formula is C19H17N3O2S. The van der Waals surface area contributed by atoms with Crippen molar-refractivity contribution in [1.29, 1.82) is 0 Å². The highest BCUT2D eigenvalue weighted by molar-refractivity contribution is 7.13. The fourth-order valence-electron chi connectivity index (χ4n) is 2.91. The molecule has 3 heterocycles. The predicted molar refractivity (Wildman–Crippen MR) is 100 cm³/mol. The summed E-state index contributed by atoms with van der Waals surface area (Å²) in [7, 11) is 3.29. The van der Waals surface area contributed by atoms with Crippen LogP contribution < -0.4 is 9.47 Å². The van der Waals surface area contributed by atoms with Crippen LogP contribution >= 0.6 is 11.3 Å². The van der Waals surface area contributed by atoms with E-state index in [9.17, 15) is 0 Å². The number of pyridine rings is 1. The molecule has 1 aromatic carbocycles. The lowest BCUT2D eigenvalue weighted by molar-refractivity contribution is 0.398. The quantitative estimate of drug-likeness (QED) is 0.580. The summed E-state index contributed by atoms with van der Waals surface area (Å²) in [5, 5.41) is 4.12. The van der Waals surface area contributed by atoms with E-state index >= 15 is 0 Å². The van der Waals surface area contributed by atoms with Gasteiger partial charge in [0, 0.05) is 45.4 Å². The first-order valence-electron chi connectivity index (χ1n) is 7.82. The number of thiazole rings is 1. The molecule has 0 bridgehead atoms. The Labute approximate surface area is 149 Å². The fraction of sp³-hybridized carbons (Fsp3) is 0.158. The number of fused-ring (bicyclic) bond motifs is 1. The van der Waals surface area contributed by atoms with E-state index in [0.717, 1.165) is 44.2 Å². The van der Waals surface area contributed by atoms with Crippen LogP contribution in [0.3, 0.4) is 0 Å². The van der Waals surface area contributed by atoms with Crippen LogP contribution in [-0.2, 0) is 0 Å². The van der Waals surface area contributed by atoms with Crippen molar-refractivity contribution in [3.8, 4) is 33.5 Å². The Morgan fingerprint density at radius 1 is 1.08 bits per heavy atom. The minimum absolute atomic E-state index is 0.597. The second kappa shape index (κ2) is 6.22. The number of aryl methyl sites for hydroxylation is 1. The Hall–Kier alpha value is -2.86. The van der Waals surface area contributed by atoms with Gasteiger partial charge in [-0.25, -0.2) is 9.97 Å². The first kappa shape index (κ1) is 15.7. The van der Waals surface area contributed by atoms with Crippen LogP contribution in [0.15, 0.2) is 41.9 Å². The van der Waals surface area contributed by atoms with E-state index in [1.165, 1.54) is 0 Å². The third-order valence-electron chi connectivity index (χ3n) is 4.15. The van der Waals surface area contributed by atoms with Gasteiger partial charge in [-0.1, -0.05) is 0 Å². The van der Waals surface area contributed by atoms with Gasteiger partial charge in [0.05, 0.1) is 19.9 Å². The molecule has 0 spiro atoms. The first-order chi connectivity index (χ1) is 12.2. The van der Waals surface area contributed by atoms with Gasteiger partial charge in [0.2, 0.25) is 5.88 Å². The number of rotatable bonds is 4. The van der Waals surface area contributed by atoms with Gasteiger partial charge in [0.25, 0.3) is 0 Å². The van der Waals surface area contributed by atoms with Gasteiger partial charge in [0.15, 0.2) is 0 Å². The molecule has 0 fully saturated rings. The summed E-state index contributed by atoms with van der Waals surface area (Å²) >= 11 is 1.60. The smallest absolute Gasteiger partial charge is 0.212 e. The van der Waals surface area contributed by atoms with Crippen molar-refractivity contribution in [3.05, 3.63) is 47.6 Å². The molecule has 0 aliphatic rings. The van der Waals surface area contributed by atoms with Crippen LogP contribution in [0, 0.1) is 6.92 Å². The van der Waals surface area contributed by atoms with Gasteiger partial charge in [-0.15, -0.1) is 11.3 Å². The van der Waals surface area contributed by atoms with Gasteiger partial charge in [-0.2, -0.15) is 0 Å². The maximum absolute atomic E-state index is 5.37. The van der Waals surface area contributed by atoms with Gasteiger partial charge in [-0.3, -0.25) is 0 Å². The highest BCUT2D eigenvalue weighted by atomic mass is 32.1. The molecule has 25 heavy (non-hydrogen) atoms. The van der Waals surface area contributed by atoms with Gasteiger partial charge in [-0.05, 0) is 31.2 Å². The number of benzene rings is 1. The number of hydrogen-bond acceptors (Lipinski definition) is 5. The van der Waals surface area contributed by atoms with Crippen molar-refractivity contribution in [2.45, 2.75) is 6.92 Å². The van der Waals surface area contributed by atoms with Crippen LogP contribution in [0.1, 0.15) is 5.69 Å². The van der Waals surface area contributed by atoms with E-state index in [1.54, 1.807) is 31.8 Å². The summed E-state index contributed by atoms with van der Waals surface area (Å²) in [6.45, 7) is 2.07. The average Bonchev–Trinajstić information content (AvgIpc) is 3.24. The lowest BCUT2D eigenvalue weighted by Gasteiger charge is -2.01. The highest BCUT2D eigenvalue weighted by Crippen LogP contribution is 2.36. The second-order valence-corrected chi connectivity index (χ2v) is 6.52. The summed E-state index contributed by atoms with van der Waals surface area (Å²) in [6, 6.07) is 9.85. The molecule has 0 atom stereocenters. The lowest BCUT2D eigenvalue weighted by atomic mass is 10.1. The molecule has 5 nitrogen and oxygen atoms in total. The van der Waals surface area contributed by atoms with E-state index in [4.69, 9.17) is 14.5 Å². The standard InChI is InChI=1S/C19H17N3O2S/c1-11-18(14-8-13(23-2)5-6-15(14)21-11)16-10-25-19(22-16)12-4-7-17(24-3)20-9-12/h4-10,21H,1-3H3. The molecule has 0 saturated carbocycles. The molecule has 3 aromatic heterocycles. The van der Waals surface area contributed by atoms with Crippen molar-refractivity contribution in [3.63, 3.8) is 0 Å². The third-order valence-corrected chi connectivity index (χ3v) is 5.04. The molecule has 6 heteroatoms. The predicted octanol–water partition coefficient (Wildman–Crippen LogP) is 4.68. The molecular weight excluding hydrogens is 334 g/mol. The fourth-order valence-corrected chi connectivity index (χ4v) is 3.71. The number of methoxy groups -OCH3 is 2. The number of aromatic nitrogens is 3. The Morgan fingerprint density at radius 3 is 2.68 bits per heavy atom. The van der Waals surface area contributed by atoms with E-state index in [-0.39, 0.29) is 0 Å². The van der Waals surface area contributed by atoms with E-state index < -0.39 is 0 Å². The zero-order chi connectivity index (χ0) is 17.4. The molecule has 4 aromatic rings. The molecule has 0 unspecified atom stereocenters. The van der Waals surface area contributed by atoms with Gasteiger partial charge in [0.1, 0.15) is 10.8 Å². The van der Waals surface area contributed by atoms with E-state index in [2.05, 4.69) is 22.3 Å². The summed E-state index contributed by atoms with van der Waals surface area (Å²) in [4.78, 5) is 12.5. The molecule has 0 aliphatic carbocycles. The van der Waals surface area contributed by atoms with E-state index in [1.807, 2.05) is 30.3 Å². The molecule has 4 rings (SSSR count). The van der Waals surface area contributed by atoms with Crippen LogP contribution in [0.2, 0.25) is 0 Å². The summed E-state index contributed by atoms with van der Waals surface area (Å²) in [5.74, 6) is 1.43. The van der Waals surface area contributed by atoms with Crippen molar-refractivity contribution in [1.82, 2.24) is 15.0 Å². The third kappa shape index (κ3) is 2.74. The zero-order valence-electron chi connectivity index (χ0n) is 14.2. The normalized spacial score (nSPS) is 11.0. The minimum Gasteiger partial charge on any atom is -0.497 e. The Balaban J connectivity index is 1.79. The molecule has 1 N–H and O–H groups in total. The number of nitrogens with one attached hydrogen (secondary N) is 1. The summed E-state index contributed by atoms with van der Waals surface area (Å²) in [5.41, 5.74) is 5.21. The average molecular weight is 351 g/mol. The summed E-state index contributed by atoms with van der Waals surface area (Å²) < 4.78 is 10.5. The Morgan fingerprint density at radius 2 is 1.96 bits per heavy atom. The van der Waals surface area contributed by atoms with Crippen LogP contribution in [0.5, 0.6) is 11.6 Å². The number of ether oxygens (including phenoxy) is 2. The number of hydrogen-bond donors (Lipinski definition) is 1.